The smallest absolute Gasteiger partial charge is 0.303 e. The lowest BCUT2D eigenvalue weighted by Crippen LogP contribution is -2.66. The van der Waals surface area contributed by atoms with Crippen LogP contribution in [0.2, 0.25) is 0 Å². The van der Waals surface area contributed by atoms with Crippen LogP contribution in [0.25, 0.3) is 0 Å². The summed E-state index contributed by atoms with van der Waals surface area (Å²) >= 11 is 0. The molecule has 0 aliphatic carbocycles. The van der Waals surface area contributed by atoms with Gasteiger partial charge in [-0.25, -0.2) is 0 Å². The lowest BCUT2D eigenvalue weighted by molar-refractivity contribution is -0.276. The van der Waals surface area contributed by atoms with Gasteiger partial charge in [-0.1, -0.05) is 30.3 Å². The Balaban J connectivity index is 1.76. The molecule has 0 radical (unpaired) electrons. The van der Waals surface area contributed by atoms with Crippen LogP contribution < -0.4 is 10.6 Å². The number of amides is 2. The van der Waals surface area contributed by atoms with Crippen LogP contribution in [0.15, 0.2) is 30.3 Å². The van der Waals surface area contributed by atoms with Crippen LogP contribution >= 0.6 is 0 Å². The third-order valence-electron chi connectivity index (χ3n) is 6.12. The lowest BCUT2D eigenvalue weighted by Gasteiger charge is -2.44. The lowest BCUT2D eigenvalue weighted by atomic mass is 9.96. The number of ether oxygens (including phenoxy) is 8. The minimum atomic E-state index is -1.36. The minimum Gasteiger partial charge on any atom is -0.463 e. The predicted molar refractivity (Wildman–Crippen MR) is 157 cm³/mol. The van der Waals surface area contributed by atoms with Crippen molar-refractivity contribution in [2.75, 3.05) is 52.8 Å². The molecule has 0 saturated carbocycles. The summed E-state index contributed by atoms with van der Waals surface area (Å²) < 4.78 is 43.4. The van der Waals surface area contributed by atoms with Crippen molar-refractivity contribution in [3.05, 3.63) is 35.9 Å². The van der Waals surface area contributed by atoms with Crippen molar-refractivity contribution in [2.24, 2.45) is 0 Å². The Bertz CT molecular complexity index is 1100. The summed E-state index contributed by atoms with van der Waals surface area (Å²) in [5.74, 6) is -3.24. The Kier molecular flexibility index (Phi) is 17.7. The van der Waals surface area contributed by atoms with Gasteiger partial charge in [0.25, 0.3) is 0 Å². The standard InChI is InChI=1S/C30H44N2O14/c1-19(33)32-27-29(45-22(4)36)28(44-21(3)35)25(17-42-20(2)34)46-30(27)43-18-26(38)31-10-11-39-12-13-40-15-24(37)16-41-14-23-8-6-5-7-9-23/h5-9,24-25,27-30,37H,10-18H2,1-4H3,(H,31,38)(H,32,33)/t24-,25+,27+,28-,29+,30+/m0/s1. The molecule has 1 aromatic rings. The van der Waals surface area contributed by atoms with Crippen LogP contribution in [0, 0.1) is 0 Å². The van der Waals surface area contributed by atoms with E-state index in [-0.39, 0.29) is 39.6 Å². The summed E-state index contributed by atoms with van der Waals surface area (Å²) in [7, 11) is 0. The average Bonchev–Trinajstić information content (AvgIpc) is 2.98. The zero-order valence-corrected chi connectivity index (χ0v) is 26.5. The molecule has 2 amide bonds. The first-order chi connectivity index (χ1) is 22.0. The van der Waals surface area contributed by atoms with Crippen LogP contribution in [0.5, 0.6) is 0 Å². The zero-order chi connectivity index (χ0) is 33.9. The molecule has 1 aromatic carbocycles. The molecular formula is C30H44N2O14. The topological polar surface area (TPSA) is 203 Å². The molecule has 46 heavy (non-hydrogen) atoms. The number of rotatable bonds is 20. The number of esters is 3. The number of carbonyl (C=O) groups excluding carboxylic acids is 5. The second kappa shape index (κ2) is 21.2. The molecule has 258 valence electrons. The highest BCUT2D eigenvalue weighted by Gasteiger charge is 2.51. The van der Waals surface area contributed by atoms with Crippen LogP contribution in [0.3, 0.4) is 0 Å². The molecule has 0 unspecified atom stereocenters. The first-order valence-electron chi connectivity index (χ1n) is 14.7. The quantitative estimate of drug-likeness (QED) is 0.0910. The summed E-state index contributed by atoms with van der Waals surface area (Å²) in [6.07, 6.45) is -5.88. The molecule has 1 heterocycles. The highest BCUT2D eigenvalue weighted by Crippen LogP contribution is 2.28. The van der Waals surface area contributed by atoms with Crippen molar-refractivity contribution in [2.45, 2.75) is 71.0 Å². The molecule has 1 saturated heterocycles. The number of aliphatic hydroxyl groups excluding tert-OH is 1. The summed E-state index contributed by atoms with van der Waals surface area (Å²) in [5, 5.41) is 15.1. The fourth-order valence-electron chi connectivity index (χ4n) is 4.28. The van der Waals surface area contributed by atoms with Crippen molar-refractivity contribution in [3.8, 4) is 0 Å². The molecule has 16 heteroatoms. The van der Waals surface area contributed by atoms with E-state index in [1.807, 2.05) is 30.3 Å². The van der Waals surface area contributed by atoms with E-state index in [9.17, 15) is 29.1 Å². The van der Waals surface area contributed by atoms with E-state index in [2.05, 4.69) is 10.6 Å². The van der Waals surface area contributed by atoms with Gasteiger partial charge in [0.05, 0.1) is 39.6 Å². The van der Waals surface area contributed by atoms with Crippen LogP contribution in [0.1, 0.15) is 33.3 Å². The van der Waals surface area contributed by atoms with Gasteiger partial charge in [0, 0.05) is 34.2 Å². The fourth-order valence-corrected chi connectivity index (χ4v) is 4.28. The van der Waals surface area contributed by atoms with E-state index in [1.165, 1.54) is 6.92 Å². The highest BCUT2D eigenvalue weighted by atomic mass is 16.7. The summed E-state index contributed by atoms with van der Waals surface area (Å²) in [5.41, 5.74) is 1.01. The van der Waals surface area contributed by atoms with Gasteiger partial charge in [-0.15, -0.1) is 0 Å². The van der Waals surface area contributed by atoms with Crippen LogP contribution in [0.4, 0.5) is 0 Å². The van der Waals surface area contributed by atoms with Gasteiger partial charge >= 0.3 is 17.9 Å². The second-order valence-electron chi connectivity index (χ2n) is 10.2. The third kappa shape index (κ3) is 15.6. The van der Waals surface area contributed by atoms with Crippen molar-refractivity contribution >= 4 is 29.7 Å². The molecule has 0 spiro atoms. The van der Waals surface area contributed by atoms with E-state index in [1.54, 1.807) is 0 Å². The maximum atomic E-state index is 12.4. The molecular weight excluding hydrogens is 612 g/mol. The number of benzene rings is 1. The fraction of sp³-hybridized carbons (Fsp3) is 0.633. The number of nitrogens with one attached hydrogen (secondary N) is 2. The molecule has 0 aromatic heterocycles. The van der Waals surface area contributed by atoms with E-state index in [4.69, 9.17) is 37.9 Å². The monoisotopic (exact) mass is 656 g/mol. The summed E-state index contributed by atoms with van der Waals surface area (Å²) in [4.78, 5) is 59.6. The summed E-state index contributed by atoms with van der Waals surface area (Å²) in [6.45, 7) is 5.04. The maximum Gasteiger partial charge on any atom is 0.303 e. The van der Waals surface area contributed by atoms with E-state index in [0.29, 0.717) is 6.61 Å². The first-order valence-corrected chi connectivity index (χ1v) is 14.7. The highest BCUT2D eigenvalue weighted by molar-refractivity contribution is 5.77. The summed E-state index contributed by atoms with van der Waals surface area (Å²) in [6, 6.07) is 8.40. The number of aliphatic hydroxyl groups is 1. The van der Waals surface area contributed by atoms with Gasteiger partial charge < -0.3 is 53.6 Å². The van der Waals surface area contributed by atoms with Crippen molar-refractivity contribution in [1.82, 2.24) is 10.6 Å². The molecule has 3 N–H and O–H groups in total. The largest absolute Gasteiger partial charge is 0.463 e. The Labute approximate surface area is 267 Å². The molecule has 1 aliphatic rings. The third-order valence-corrected chi connectivity index (χ3v) is 6.12. The Morgan fingerprint density at radius 1 is 0.848 bits per heavy atom. The van der Waals surface area contributed by atoms with Gasteiger partial charge in [-0.05, 0) is 5.56 Å². The van der Waals surface area contributed by atoms with E-state index in [0.717, 1.165) is 26.3 Å². The normalized spacial score (nSPS) is 21.5. The van der Waals surface area contributed by atoms with Crippen molar-refractivity contribution in [3.63, 3.8) is 0 Å². The minimum absolute atomic E-state index is 0.0800. The Hall–Kier alpha value is -3.67. The molecule has 1 fully saturated rings. The number of carbonyl (C=O) groups is 5. The van der Waals surface area contributed by atoms with Crippen LogP contribution in [-0.4, -0.2) is 124 Å². The maximum absolute atomic E-state index is 12.4. The second-order valence-corrected chi connectivity index (χ2v) is 10.2. The molecule has 16 nitrogen and oxygen atoms in total. The van der Waals surface area contributed by atoms with Crippen molar-refractivity contribution in [1.29, 1.82) is 0 Å². The number of hydrogen-bond acceptors (Lipinski definition) is 14. The average molecular weight is 657 g/mol. The van der Waals surface area contributed by atoms with Crippen LogP contribution in [-0.2, 0) is 68.5 Å². The molecule has 6 atom stereocenters. The van der Waals surface area contributed by atoms with Gasteiger partial charge in [-0.2, -0.15) is 0 Å². The first kappa shape index (κ1) is 38.5. The number of hydrogen-bond donors (Lipinski definition) is 3. The van der Waals surface area contributed by atoms with Gasteiger partial charge in [0.2, 0.25) is 11.8 Å². The van der Waals surface area contributed by atoms with E-state index < -0.39 is 79.7 Å². The zero-order valence-electron chi connectivity index (χ0n) is 26.5. The van der Waals surface area contributed by atoms with E-state index >= 15 is 0 Å². The predicted octanol–water partition coefficient (Wildman–Crippen LogP) is -0.614. The molecule has 2 rings (SSSR count). The van der Waals surface area contributed by atoms with Gasteiger partial charge in [-0.3, -0.25) is 24.0 Å². The molecule has 0 bridgehead atoms. The van der Waals surface area contributed by atoms with Crippen molar-refractivity contribution < 1.29 is 67.0 Å². The Morgan fingerprint density at radius 2 is 1.50 bits per heavy atom. The molecule has 1 aliphatic heterocycles. The SMILES string of the molecule is CC(=O)N[C@H]1[C@H](OCC(=O)NCCOCCOC[C@H](O)COCc2ccccc2)O[C@H](COC(C)=O)[C@H](OC(C)=O)[C@@H]1OC(C)=O. The van der Waals surface area contributed by atoms with Gasteiger partial charge in [0.15, 0.2) is 18.5 Å². The Morgan fingerprint density at radius 3 is 2.15 bits per heavy atom. The van der Waals surface area contributed by atoms with Gasteiger partial charge in [0.1, 0.15) is 31.5 Å².